The first-order valence-corrected chi connectivity index (χ1v) is 4.85. The minimum absolute atomic E-state index is 0.222. The van der Waals surface area contributed by atoms with Gasteiger partial charge in [0.1, 0.15) is 0 Å². The molecule has 0 radical (unpaired) electrons. The third kappa shape index (κ3) is 3.24. The number of carbonyl (C=O) groups excluding carboxylic acids is 1. The predicted molar refractivity (Wildman–Crippen MR) is 52.9 cm³/mol. The fraction of sp³-hybridized carbons (Fsp3) is 0.778. The van der Waals surface area contributed by atoms with Gasteiger partial charge >= 0.3 is 6.09 Å². The highest BCUT2D eigenvalue weighted by molar-refractivity contribution is 5.79. The molecule has 0 spiro atoms. The van der Waals surface area contributed by atoms with Crippen LogP contribution in [-0.4, -0.2) is 18.5 Å². The Hall–Kier alpha value is -1.26. The molecule has 1 rings (SSSR count). The van der Waals surface area contributed by atoms with E-state index < -0.39 is 6.09 Å². The molecule has 1 amide bonds. The van der Waals surface area contributed by atoms with Crippen LogP contribution in [0.15, 0.2) is 0 Å². The van der Waals surface area contributed by atoms with Gasteiger partial charge in [-0.3, -0.25) is 5.41 Å². The number of nitrogens with two attached hydrogens (primary N) is 2. The zero-order valence-electron chi connectivity index (χ0n) is 8.16. The summed E-state index contributed by atoms with van der Waals surface area (Å²) in [6.45, 7) is 0.403. The molecule has 5 heteroatoms. The molecule has 0 bridgehead atoms. The van der Waals surface area contributed by atoms with Crippen LogP contribution in [-0.2, 0) is 4.74 Å². The Balaban J connectivity index is 2.22. The number of ether oxygens (including phenoxy) is 1. The van der Waals surface area contributed by atoms with Crippen molar-refractivity contribution in [1.82, 2.24) is 0 Å². The van der Waals surface area contributed by atoms with Gasteiger partial charge in [-0.25, -0.2) is 4.79 Å². The third-order valence-electron chi connectivity index (χ3n) is 2.75. The Labute approximate surface area is 83.3 Å². The largest absolute Gasteiger partial charge is 0.449 e. The number of carbonyl (C=O) groups is 1. The van der Waals surface area contributed by atoms with E-state index >= 15 is 0 Å². The summed E-state index contributed by atoms with van der Waals surface area (Å²) in [6, 6.07) is 0. The van der Waals surface area contributed by atoms with E-state index in [1.165, 1.54) is 0 Å². The standard InChI is InChI=1S/C9H17N3O2/c10-8(11)7-3-1-6(2-4-7)5-14-9(12)13/h6-7H,1-5H2,(H3,10,11)(H2,12,13). The second-order valence-electron chi connectivity index (χ2n) is 3.80. The second kappa shape index (κ2) is 4.83. The van der Waals surface area contributed by atoms with Gasteiger partial charge in [0.25, 0.3) is 0 Å². The first-order chi connectivity index (χ1) is 6.59. The average molecular weight is 199 g/mol. The molecule has 1 fully saturated rings. The number of nitrogens with one attached hydrogen (secondary N) is 1. The lowest BCUT2D eigenvalue weighted by atomic mass is 9.82. The third-order valence-corrected chi connectivity index (χ3v) is 2.75. The Kier molecular flexibility index (Phi) is 3.73. The summed E-state index contributed by atoms with van der Waals surface area (Å²) in [5.74, 6) is 0.886. The van der Waals surface area contributed by atoms with Crippen molar-refractivity contribution in [3.63, 3.8) is 0 Å². The average Bonchev–Trinajstić information content (AvgIpc) is 2.15. The maximum Gasteiger partial charge on any atom is 0.404 e. The normalized spacial score (nSPS) is 26.9. The Morgan fingerprint density at radius 1 is 1.29 bits per heavy atom. The summed E-state index contributed by atoms with van der Waals surface area (Å²) in [5, 5.41) is 7.30. The lowest BCUT2D eigenvalue weighted by Gasteiger charge is -2.26. The van der Waals surface area contributed by atoms with E-state index in [9.17, 15) is 4.79 Å². The molecule has 1 saturated carbocycles. The van der Waals surface area contributed by atoms with E-state index in [0.29, 0.717) is 12.5 Å². The fourth-order valence-electron chi connectivity index (χ4n) is 1.84. The molecule has 0 unspecified atom stereocenters. The zero-order valence-corrected chi connectivity index (χ0v) is 8.16. The molecular formula is C9H17N3O2. The highest BCUT2D eigenvalue weighted by Gasteiger charge is 2.23. The molecule has 0 aromatic carbocycles. The van der Waals surface area contributed by atoms with Crippen LogP contribution in [0.25, 0.3) is 0 Å². The summed E-state index contributed by atoms with van der Waals surface area (Å²) < 4.78 is 4.73. The van der Waals surface area contributed by atoms with Crippen LogP contribution >= 0.6 is 0 Å². The van der Waals surface area contributed by atoms with Crippen molar-refractivity contribution in [2.75, 3.05) is 6.61 Å². The van der Waals surface area contributed by atoms with E-state index in [-0.39, 0.29) is 11.8 Å². The summed E-state index contributed by atoms with van der Waals surface area (Å²) in [6.07, 6.45) is 3.04. The van der Waals surface area contributed by atoms with Crippen molar-refractivity contribution >= 4 is 11.9 Å². The van der Waals surface area contributed by atoms with Crippen LogP contribution in [0.5, 0.6) is 0 Å². The smallest absolute Gasteiger partial charge is 0.404 e. The SMILES string of the molecule is N=C(N)C1CCC(COC(N)=O)CC1. The van der Waals surface area contributed by atoms with E-state index in [0.717, 1.165) is 25.7 Å². The van der Waals surface area contributed by atoms with E-state index in [1.54, 1.807) is 0 Å². The van der Waals surface area contributed by atoms with Crippen LogP contribution in [0, 0.1) is 17.2 Å². The van der Waals surface area contributed by atoms with Crippen LogP contribution in [0.1, 0.15) is 25.7 Å². The number of amidine groups is 1. The van der Waals surface area contributed by atoms with Crippen molar-refractivity contribution < 1.29 is 9.53 Å². The van der Waals surface area contributed by atoms with Gasteiger partial charge in [0.05, 0.1) is 12.4 Å². The highest BCUT2D eigenvalue weighted by atomic mass is 16.5. The van der Waals surface area contributed by atoms with Crippen LogP contribution in [0.4, 0.5) is 4.79 Å². The fourth-order valence-corrected chi connectivity index (χ4v) is 1.84. The van der Waals surface area contributed by atoms with Crippen LogP contribution in [0.3, 0.4) is 0 Å². The Bertz CT molecular complexity index is 222. The molecule has 80 valence electrons. The van der Waals surface area contributed by atoms with Crippen molar-refractivity contribution in [1.29, 1.82) is 5.41 Å². The maximum absolute atomic E-state index is 10.4. The second-order valence-corrected chi connectivity index (χ2v) is 3.80. The summed E-state index contributed by atoms with van der Waals surface area (Å²) >= 11 is 0. The van der Waals surface area contributed by atoms with Crippen LogP contribution < -0.4 is 11.5 Å². The molecule has 0 atom stereocenters. The number of rotatable bonds is 3. The van der Waals surface area contributed by atoms with Gasteiger partial charge in [0, 0.05) is 5.92 Å². The lowest BCUT2D eigenvalue weighted by molar-refractivity contribution is 0.121. The predicted octanol–water partition coefficient (Wildman–Crippen LogP) is 0.824. The number of amides is 1. The molecule has 5 N–H and O–H groups in total. The zero-order chi connectivity index (χ0) is 10.6. The van der Waals surface area contributed by atoms with Gasteiger partial charge < -0.3 is 16.2 Å². The molecule has 0 heterocycles. The molecule has 0 saturated heterocycles. The van der Waals surface area contributed by atoms with Gasteiger partial charge in [-0.05, 0) is 31.6 Å². The topological polar surface area (TPSA) is 102 Å². The van der Waals surface area contributed by atoms with Crippen molar-refractivity contribution in [2.24, 2.45) is 23.3 Å². The number of primary amides is 1. The van der Waals surface area contributed by atoms with Gasteiger partial charge in [0.2, 0.25) is 0 Å². The highest BCUT2D eigenvalue weighted by Crippen LogP contribution is 2.28. The maximum atomic E-state index is 10.4. The molecule has 0 aliphatic heterocycles. The number of hydrogen-bond acceptors (Lipinski definition) is 3. The minimum atomic E-state index is -0.710. The van der Waals surface area contributed by atoms with Gasteiger partial charge in [0.15, 0.2) is 0 Å². The molecule has 1 aliphatic rings. The van der Waals surface area contributed by atoms with Crippen molar-refractivity contribution in [3.05, 3.63) is 0 Å². The molecule has 0 aromatic rings. The van der Waals surface area contributed by atoms with Gasteiger partial charge in [-0.2, -0.15) is 0 Å². The van der Waals surface area contributed by atoms with Crippen molar-refractivity contribution in [3.8, 4) is 0 Å². The lowest BCUT2D eigenvalue weighted by Crippen LogP contribution is -2.29. The van der Waals surface area contributed by atoms with Crippen LogP contribution in [0.2, 0.25) is 0 Å². The minimum Gasteiger partial charge on any atom is -0.449 e. The molecule has 1 aliphatic carbocycles. The molecule has 5 nitrogen and oxygen atoms in total. The summed E-state index contributed by atoms with van der Waals surface area (Å²) in [5.41, 5.74) is 10.3. The van der Waals surface area contributed by atoms with E-state index in [1.807, 2.05) is 0 Å². The van der Waals surface area contributed by atoms with Gasteiger partial charge in [-0.1, -0.05) is 0 Å². The Morgan fingerprint density at radius 3 is 2.29 bits per heavy atom. The quantitative estimate of drug-likeness (QED) is 0.463. The monoisotopic (exact) mass is 199 g/mol. The first kappa shape index (κ1) is 10.8. The van der Waals surface area contributed by atoms with Crippen molar-refractivity contribution in [2.45, 2.75) is 25.7 Å². The van der Waals surface area contributed by atoms with E-state index in [2.05, 4.69) is 0 Å². The van der Waals surface area contributed by atoms with E-state index in [4.69, 9.17) is 21.6 Å². The van der Waals surface area contributed by atoms with Gasteiger partial charge in [-0.15, -0.1) is 0 Å². The summed E-state index contributed by atoms with van der Waals surface area (Å²) in [7, 11) is 0. The molecular weight excluding hydrogens is 182 g/mol. The summed E-state index contributed by atoms with van der Waals surface area (Å²) in [4.78, 5) is 10.4. The molecule has 0 aromatic heterocycles. The molecule has 14 heavy (non-hydrogen) atoms. The first-order valence-electron chi connectivity index (χ1n) is 4.85. The number of hydrogen-bond donors (Lipinski definition) is 3. The Morgan fingerprint density at radius 2 is 1.86 bits per heavy atom.